The molecule has 0 bridgehead atoms. The summed E-state index contributed by atoms with van der Waals surface area (Å²) in [5.41, 5.74) is 13.0. The Hall–Kier alpha value is -2.49. The predicted octanol–water partition coefficient (Wildman–Crippen LogP) is 1.95. The van der Waals surface area contributed by atoms with E-state index in [9.17, 15) is 4.79 Å². The molecule has 0 aliphatic rings. The molecular weight excluding hydrogens is 228 g/mol. The topological polar surface area (TPSA) is 78.3 Å². The number of primary amides is 1. The van der Waals surface area contributed by atoms with Crippen molar-refractivity contribution < 1.29 is 9.53 Å². The first-order chi connectivity index (χ1) is 8.65. The van der Waals surface area contributed by atoms with Crippen LogP contribution >= 0.6 is 0 Å². The fourth-order valence-electron chi connectivity index (χ4n) is 1.56. The van der Waals surface area contributed by atoms with E-state index in [1.165, 1.54) is 0 Å². The van der Waals surface area contributed by atoms with Crippen LogP contribution < -0.4 is 16.2 Å². The molecule has 0 unspecified atom stereocenters. The molecule has 0 fully saturated rings. The molecule has 0 aliphatic heterocycles. The van der Waals surface area contributed by atoms with E-state index in [0.29, 0.717) is 23.6 Å². The number of carbonyl (C=O) groups excluding carboxylic acids is 1. The highest BCUT2D eigenvalue weighted by Gasteiger charge is 2.00. The summed E-state index contributed by atoms with van der Waals surface area (Å²) in [5.74, 6) is 0.236. The van der Waals surface area contributed by atoms with E-state index in [0.717, 1.165) is 5.56 Å². The summed E-state index contributed by atoms with van der Waals surface area (Å²) in [5, 5.41) is 0. The van der Waals surface area contributed by atoms with Crippen molar-refractivity contribution in [3.63, 3.8) is 0 Å². The van der Waals surface area contributed by atoms with Crippen LogP contribution in [0.25, 0.3) is 0 Å². The van der Waals surface area contributed by atoms with E-state index < -0.39 is 5.91 Å². The number of ether oxygens (including phenoxy) is 1. The maximum atomic E-state index is 10.9. The largest absolute Gasteiger partial charge is 0.489 e. The average molecular weight is 242 g/mol. The van der Waals surface area contributed by atoms with Gasteiger partial charge in [0.15, 0.2) is 0 Å². The molecule has 2 rings (SSSR count). The average Bonchev–Trinajstić information content (AvgIpc) is 2.37. The van der Waals surface area contributed by atoms with Crippen LogP contribution in [0.3, 0.4) is 0 Å². The van der Waals surface area contributed by atoms with Crippen molar-refractivity contribution in [2.75, 3.05) is 5.73 Å². The second-order valence-electron chi connectivity index (χ2n) is 3.92. The summed E-state index contributed by atoms with van der Waals surface area (Å²) in [6.45, 7) is 0.432. The fraction of sp³-hybridized carbons (Fsp3) is 0.0714. The van der Waals surface area contributed by atoms with Gasteiger partial charge >= 0.3 is 0 Å². The number of hydrogen-bond donors (Lipinski definition) is 2. The molecule has 0 spiro atoms. The van der Waals surface area contributed by atoms with Gasteiger partial charge in [-0.2, -0.15) is 0 Å². The van der Waals surface area contributed by atoms with Crippen molar-refractivity contribution in [2.45, 2.75) is 6.61 Å². The van der Waals surface area contributed by atoms with Gasteiger partial charge in [0.25, 0.3) is 0 Å². The maximum Gasteiger partial charge on any atom is 0.248 e. The molecule has 18 heavy (non-hydrogen) atoms. The molecule has 0 heterocycles. The third-order valence-corrected chi connectivity index (χ3v) is 2.50. The molecule has 0 atom stereocenters. The quantitative estimate of drug-likeness (QED) is 0.804. The normalized spacial score (nSPS) is 10.0. The van der Waals surface area contributed by atoms with Crippen molar-refractivity contribution in [1.82, 2.24) is 0 Å². The van der Waals surface area contributed by atoms with Gasteiger partial charge in [-0.15, -0.1) is 0 Å². The molecule has 92 valence electrons. The third-order valence-electron chi connectivity index (χ3n) is 2.50. The van der Waals surface area contributed by atoms with Crippen molar-refractivity contribution in [3.8, 4) is 5.75 Å². The minimum absolute atomic E-state index is 0.432. The molecule has 1 amide bonds. The van der Waals surface area contributed by atoms with Crippen LogP contribution in [0, 0.1) is 0 Å². The van der Waals surface area contributed by atoms with Crippen LogP contribution in [-0.4, -0.2) is 5.91 Å². The lowest BCUT2D eigenvalue weighted by molar-refractivity contribution is 0.100. The van der Waals surface area contributed by atoms with E-state index in [-0.39, 0.29) is 0 Å². The van der Waals surface area contributed by atoms with E-state index in [1.54, 1.807) is 24.3 Å². The zero-order valence-electron chi connectivity index (χ0n) is 9.80. The molecule has 4 N–H and O–H groups in total. The highest BCUT2D eigenvalue weighted by atomic mass is 16.5. The first-order valence-corrected chi connectivity index (χ1v) is 5.52. The smallest absolute Gasteiger partial charge is 0.248 e. The molecular formula is C14H14N2O2. The van der Waals surface area contributed by atoms with Gasteiger partial charge in [0.05, 0.1) is 0 Å². The van der Waals surface area contributed by atoms with Gasteiger partial charge in [-0.25, -0.2) is 0 Å². The maximum absolute atomic E-state index is 10.9. The third kappa shape index (κ3) is 3.01. The van der Waals surface area contributed by atoms with Gasteiger partial charge in [0, 0.05) is 11.3 Å². The lowest BCUT2D eigenvalue weighted by atomic mass is 10.2. The predicted molar refractivity (Wildman–Crippen MR) is 70.1 cm³/mol. The zero-order chi connectivity index (χ0) is 13.0. The Kier molecular flexibility index (Phi) is 3.48. The van der Waals surface area contributed by atoms with Crippen molar-refractivity contribution in [1.29, 1.82) is 0 Å². The Morgan fingerprint density at radius 3 is 2.44 bits per heavy atom. The number of amides is 1. The Morgan fingerprint density at radius 1 is 1.11 bits per heavy atom. The summed E-state index contributed by atoms with van der Waals surface area (Å²) in [6, 6.07) is 14.2. The molecule has 2 aromatic carbocycles. The van der Waals surface area contributed by atoms with Crippen molar-refractivity contribution in [3.05, 3.63) is 59.7 Å². The molecule has 4 heteroatoms. The van der Waals surface area contributed by atoms with Crippen LogP contribution in [0.1, 0.15) is 15.9 Å². The van der Waals surface area contributed by atoms with Crippen LogP contribution in [0.2, 0.25) is 0 Å². The standard InChI is InChI=1S/C14H14N2O2/c15-12-3-1-2-10(8-12)9-18-13-6-4-11(5-7-13)14(16)17/h1-8H,9,15H2,(H2,16,17). The number of nitrogen functional groups attached to an aromatic ring is 1. The summed E-state index contributed by atoms with van der Waals surface area (Å²) in [6.07, 6.45) is 0. The first-order valence-electron chi connectivity index (χ1n) is 5.52. The second-order valence-corrected chi connectivity index (χ2v) is 3.92. The summed E-state index contributed by atoms with van der Waals surface area (Å²) in [7, 11) is 0. The molecule has 0 aromatic heterocycles. The SMILES string of the molecule is NC(=O)c1ccc(OCc2cccc(N)c2)cc1. The summed E-state index contributed by atoms with van der Waals surface area (Å²) in [4.78, 5) is 10.9. The number of carbonyl (C=O) groups is 1. The van der Waals surface area contributed by atoms with E-state index >= 15 is 0 Å². The van der Waals surface area contributed by atoms with E-state index in [2.05, 4.69) is 0 Å². The van der Waals surface area contributed by atoms with E-state index in [1.807, 2.05) is 24.3 Å². The van der Waals surface area contributed by atoms with E-state index in [4.69, 9.17) is 16.2 Å². The van der Waals surface area contributed by atoms with Gasteiger partial charge in [0.1, 0.15) is 12.4 Å². The molecule has 0 aliphatic carbocycles. The minimum atomic E-state index is -0.447. The Morgan fingerprint density at radius 2 is 1.83 bits per heavy atom. The monoisotopic (exact) mass is 242 g/mol. The minimum Gasteiger partial charge on any atom is -0.489 e. The fourth-order valence-corrected chi connectivity index (χ4v) is 1.56. The van der Waals surface area contributed by atoms with Gasteiger partial charge in [-0.3, -0.25) is 4.79 Å². The Balaban J connectivity index is 2.00. The number of nitrogens with two attached hydrogens (primary N) is 2. The number of hydrogen-bond acceptors (Lipinski definition) is 3. The van der Waals surface area contributed by atoms with Crippen molar-refractivity contribution in [2.24, 2.45) is 5.73 Å². The van der Waals surface area contributed by atoms with Crippen LogP contribution in [-0.2, 0) is 6.61 Å². The zero-order valence-corrected chi connectivity index (χ0v) is 9.80. The molecule has 4 nitrogen and oxygen atoms in total. The molecule has 0 saturated carbocycles. The van der Waals surface area contributed by atoms with Crippen LogP contribution in [0.4, 0.5) is 5.69 Å². The molecule has 0 radical (unpaired) electrons. The van der Waals surface area contributed by atoms with Crippen LogP contribution in [0.5, 0.6) is 5.75 Å². The highest BCUT2D eigenvalue weighted by molar-refractivity contribution is 5.92. The van der Waals surface area contributed by atoms with Crippen LogP contribution in [0.15, 0.2) is 48.5 Å². The van der Waals surface area contributed by atoms with Gasteiger partial charge < -0.3 is 16.2 Å². The highest BCUT2D eigenvalue weighted by Crippen LogP contribution is 2.15. The number of anilines is 1. The Labute approximate surface area is 105 Å². The summed E-state index contributed by atoms with van der Waals surface area (Å²) >= 11 is 0. The first kappa shape index (κ1) is 12.0. The lowest BCUT2D eigenvalue weighted by Crippen LogP contribution is -2.10. The van der Waals surface area contributed by atoms with Crippen molar-refractivity contribution >= 4 is 11.6 Å². The van der Waals surface area contributed by atoms with Gasteiger partial charge in [-0.05, 0) is 42.0 Å². The molecule has 2 aromatic rings. The Bertz CT molecular complexity index is 550. The number of rotatable bonds is 4. The molecule has 0 saturated heterocycles. The second kappa shape index (κ2) is 5.23. The summed E-state index contributed by atoms with van der Waals surface area (Å²) < 4.78 is 5.57. The van der Waals surface area contributed by atoms with Gasteiger partial charge in [-0.1, -0.05) is 12.1 Å². The van der Waals surface area contributed by atoms with Gasteiger partial charge in [0.2, 0.25) is 5.91 Å². The number of benzene rings is 2. The lowest BCUT2D eigenvalue weighted by Gasteiger charge is -2.07.